The summed E-state index contributed by atoms with van der Waals surface area (Å²) in [6, 6.07) is 5.57. The molecule has 14 heavy (non-hydrogen) atoms. The van der Waals surface area contributed by atoms with Crippen LogP contribution in [0.1, 0.15) is 5.56 Å². The Hall–Kier alpha value is -1.47. The van der Waals surface area contributed by atoms with Crippen molar-refractivity contribution in [2.45, 2.75) is 0 Å². The molecule has 0 radical (unpaired) electrons. The molecule has 0 aliphatic carbocycles. The average molecular weight is 251 g/mol. The molecule has 1 heterocycles. The largest absolute Gasteiger partial charge is 0.323 e. The van der Waals surface area contributed by atoms with Gasteiger partial charge in [-0.1, -0.05) is 27.8 Å². The first-order valence-corrected chi connectivity index (χ1v) is 5.18. The number of halogens is 1. The van der Waals surface area contributed by atoms with E-state index in [1.807, 2.05) is 18.2 Å². The highest BCUT2D eigenvalue weighted by atomic mass is 79.9. The molecule has 2 aromatic rings. The maximum absolute atomic E-state index is 11.0. The third-order valence-corrected chi connectivity index (χ3v) is 2.10. The first-order valence-electron chi connectivity index (χ1n) is 4.06. The van der Waals surface area contributed by atoms with Crippen LogP contribution in [0.5, 0.6) is 0 Å². The van der Waals surface area contributed by atoms with Gasteiger partial charge in [-0.3, -0.25) is 0 Å². The molecule has 0 fully saturated rings. The normalized spacial score (nSPS) is 9.79. The number of nitrogens with one attached hydrogen (secondary N) is 2. The smallest absolute Gasteiger partial charge is 0.306 e. The number of alkyl halides is 1. The molecule has 0 spiro atoms. The second-order valence-corrected chi connectivity index (χ2v) is 3.34. The van der Waals surface area contributed by atoms with Crippen molar-refractivity contribution in [2.75, 3.05) is 5.33 Å². The molecular weight excluding hydrogens is 244 g/mol. The summed E-state index contributed by atoms with van der Waals surface area (Å²) in [5, 5.41) is 0.648. The molecule has 0 atom stereocenters. The van der Waals surface area contributed by atoms with Crippen LogP contribution in [0.2, 0.25) is 0 Å². The van der Waals surface area contributed by atoms with E-state index < -0.39 is 0 Å². The lowest BCUT2D eigenvalue weighted by molar-refractivity contribution is 1.21. The molecule has 0 bridgehead atoms. The second-order valence-electron chi connectivity index (χ2n) is 2.77. The molecule has 0 aliphatic rings. The summed E-state index contributed by atoms with van der Waals surface area (Å²) >= 11 is 3.22. The van der Waals surface area contributed by atoms with Gasteiger partial charge in [-0.2, -0.15) is 0 Å². The van der Waals surface area contributed by atoms with E-state index in [1.165, 1.54) is 0 Å². The van der Waals surface area contributed by atoms with Gasteiger partial charge in [0.2, 0.25) is 0 Å². The Kier molecular flexibility index (Phi) is 2.42. The molecule has 1 aromatic carbocycles. The van der Waals surface area contributed by atoms with Gasteiger partial charge in [0.15, 0.2) is 0 Å². The number of H-pyrrole nitrogens is 2. The van der Waals surface area contributed by atoms with Gasteiger partial charge in [-0.25, -0.2) is 4.79 Å². The van der Waals surface area contributed by atoms with Gasteiger partial charge in [0.05, 0.1) is 16.4 Å². The van der Waals surface area contributed by atoms with Crippen LogP contribution in [0.15, 0.2) is 23.0 Å². The Morgan fingerprint density at radius 3 is 2.86 bits per heavy atom. The van der Waals surface area contributed by atoms with Crippen molar-refractivity contribution in [2.24, 2.45) is 0 Å². The zero-order chi connectivity index (χ0) is 9.97. The van der Waals surface area contributed by atoms with E-state index in [0.29, 0.717) is 5.33 Å². The summed E-state index contributed by atoms with van der Waals surface area (Å²) in [4.78, 5) is 16.3. The molecule has 2 rings (SSSR count). The third-order valence-electron chi connectivity index (χ3n) is 1.82. The molecular formula is C10H7BrN2O. The van der Waals surface area contributed by atoms with Crippen molar-refractivity contribution in [1.82, 2.24) is 9.97 Å². The summed E-state index contributed by atoms with van der Waals surface area (Å²) in [7, 11) is 0. The van der Waals surface area contributed by atoms with E-state index in [2.05, 4.69) is 37.7 Å². The highest BCUT2D eigenvalue weighted by molar-refractivity contribution is 9.09. The minimum atomic E-state index is -0.189. The summed E-state index contributed by atoms with van der Waals surface area (Å²) in [5.74, 6) is 5.86. The van der Waals surface area contributed by atoms with Gasteiger partial charge >= 0.3 is 5.69 Å². The SMILES string of the molecule is O=c1[nH]c2ccc(C#CCBr)cc2[nH]1. The highest BCUT2D eigenvalue weighted by Gasteiger charge is 1.97. The van der Waals surface area contributed by atoms with Crippen LogP contribution in [0.3, 0.4) is 0 Å². The van der Waals surface area contributed by atoms with Gasteiger partial charge in [-0.05, 0) is 18.2 Å². The van der Waals surface area contributed by atoms with Gasteiger partial charge in [0.1, 0.15) is 0 Å². The van der Waals surface area contributed by atoms with Crippen LogP contribution in [-0.2, 0) is 0 Å². The molecule has 70 valence electrons. The number of aromatic amines is 2. The molecule has 1 aromatic heterocycles. The standard InChI is InChI=1S/C10H7BrN2O/c11-5-1-2-7-3-4-8-9(6-7)13-10(14)12-8/h3-4,6H,5H2,(H2,12,13,14). The third kappa shape index (κ3) is 1.73. The fraction of sp³-hybridized carbons (Fsp3) is 0.100. The number of hydrogen-bond acceptors (Lipinski definition) is 1. The Morgan fingerprint density at radius 1 is 1.29 bits per heavy atom. The average Bonchev–Trinajstić information content (AvgIpc) is 2.54. The van der Waals surface area contributed by atoms with Crippen molar-refractivity contribution >= 4 is 27.0 Å². The quantitative estimate of drug-likeness (QED) is 0.542. The van der Waals surface area contributed by atoms with Gasteiger partial charge in [0, 0.05) is 5.56 Å². The number of hydrogen-bond donors (Lipinski definition) is 2. The molecule has 3 nitrogen and oxygen atoms in total. The van der Waals surface area contributed by atoms with Crippen LogP contribution < -0.4 is 5.69 Å². The van der Waals surface area contributed by atoms with E-state index >= 15 is 0 Å². The first-order chi connectivity index (χ1) is 6.79. The topological polar surface area (TPSA) is 48.6 Å². The fourth-order valence-corrected chi connectivity index (χ4v) is 1.39. The Bertz CT molecular complexity index is 571. The molecule has 4 heteroatoms. The van der Waals surface area contributed by atoms with Gasteiger partial charge in [0.25, 0.3) is 0 Å². The summed E-state index contributed by atoms with van der Waals surface area (Å²) in [5.41, 5.74) is 2.30. The van der Waals surface area contributed by atoms with Crippen molar-refractivity contribution < 1.29 is 0 Å². The van der Waals surface area contributed by atoms with Crippen molar-refractivity contribution in [3.05, 3.63) is 34.2 Å². The lowest BCUT2D eigenvalue weighted by atomic mass is 10.2. The van der Waals surface area contributed by atoms with Crippen LogP contribution in [0.25, 0.3) is 11.0 Å². The molecule has 0 saturated carbocycles. The zero-order valence-corrected chi connectivity index (χ0v) is 8.81. The Labute approximate surface area is 88.7 Å². The summed E-state index contributed by atoms with van der Waals surface area (Å²) in [6.45, 7) is 0. The number of imidazole rings is 1. The number of rotatable bonds is 0. The van der Waals surface area contributed by atoms with Gasteiger partial charge in [-0.15, -0.1) is 0 Å². The van der Waals surface area contributed by atoms with Crippen LogP contribution in [0.4, 0.5) is 0 Å². The van der Waals surface area contributed by atoms with Crippen LogP contribution in [0, 0.1) is 11.8 Å². The minimum Gasteiger partial charge on any atom is -0.306 e. The molecule has 0 unspecified atom stereocenters. The van der Waals surface area contributed by atoms with E-state index in [0.717, 1.165) is 16.6 Å². The van der Waals surface area contributed by atoms with Crippen molar-refractivity contribution in [3.63, 3.8) is 0 Å². The predicted molar refractivity (Wildman–Crippen MR) is 59.6 cm³/mol. The molecule has 2 N–H and O–H groups in total. The van der Waals surface area contributed by atoms with E-state index in [9.17, 15) is 4.79 Å². The lowest BCUT2D eigenvalue weighted by Crippen LogP contribution is -1.99. The molecule has 0 saturated heterocycles. The molecule has 0 aliphatic heterocycles. The fourth-order valence-electron chi connectivity index (χ4n) is 1.25. The van der Waals surface area contributed by atoms with Gasteiger partial charge < -0.3 is 9.97 Å². The number of benzene rings is 1. The lowest BCUT2D eigenvalue weighted by Gasteiger charge is -1.89. The minimum absolute atomic E-state index is 0.189. The summed E-state index contributed by atoms with van der Waals surface area (Å²) < 4.78 is 0. The van der Waals surface area contributed by atoms with Crippen LogP contribution >= 0.6 is 15.9 Å². The second kappa shape index (κ2) is 3.72. The zero-order valence-electron chi connectivity index (χ0n) is 7.23. The monoisotopic (exact) mass is 250 g/mol. The maximum atomic E-state index is 11.0. The number of aromatic nitrogens is 2. The summed E-state index contributed by atoms with van der Waals surface area (Å²) in [6.07, 6.45) is 0. The molecule has 0 amide bonds. The highest BCUT2D eigenvalue weighted by Crippen LogP contribution is 2.08. The predicted octanol–water partition coefficient (Wildman–Crippen LogP) is 1.60. The van der Waals surface area contributed by atoms with E-state index in [4.69, 9.17) is 0 Å². The van der Waals surface area contributed by atoms with Crippen LogP contribution in [-0.4, -0.2) is 15.3 Å². The first kappa shape index (κ1) is 9.10. The van der Waals surface area contributed by atoms with Crippen molar-refractivity contribution in [1.29, 1.82) is 0 Å². The maximum Gasteiger partial charge on any atom is 0.323 e. The Morgan fingerprint density at radius 2 is 2.07 bits per heavy atom. The van der Waals surface area contributed by atoms with E-state index in [-0.39, 0.29) is 5.69 Å². The number of fused-ring (bicyclic) bond motifs is 1. The Balaban J connectivity index is 2.55. The van der Waals surface area contributed by atoms with E-state index in [1.54, 1.807) is 0 Å². The van der Waals surface area contributed by atoms with Crippen molar-refractivity contribution in [3.8, 4) is 11.8 Å².